The molecule has 1 rings (SSSR count). The Morgan fingerprint density at radius 1 is 1.78 bits per heavy atom. The van der Waals surface area contributed by atoms with Crippen LogP contribution in [0, 0.1) is 0 Å². The van der Waals surface area contributed by atoms with E-state index < -0.39 is 12.0 Å². The topological polar surface area (TPSA) is 85.9 Å². The van der Waals surface area contributed by atoms with Crippen LogP contribution in [-0.2, 0) is 5.11 Å². The number of aromatic nitrogens is 2. The van der Waals surface area contributed by atoms with Gasteiger partial charge in [-0.1, -0.05) is 0 Å². The average molecular weight is 127 g/mol. The Bertz CT molecular complexity index is 229. The van der Waals surface area contributed by atoms with Crippen molar-refractivity contribution in [3.05, 3.63) is 11.9 Å². The minimum absolute atomic E-state index is 0.250. The molecule has 0 spiro atoms. The van der Waals surface area contributed by atoms with Crippen molar-refractivity contribution in [2.45, 2.75) is 0 Å². The summed E-state index contributed by atoms with van der Waals surface area (Å²) in [6.45, 7) is 0. The van der Waals surface area contributed by atoms with Crippen LogP contribution in [0.1, 0.15) is 10.5 Å². The van der Waals surface area contributed by atoms with Gasteiger partial charge in [0.1, 0.15) is 0 Å². The molecule has 0 aromatic carbocycles. The molecule has 0 unspecified atom stereocenters. The molecule has 5 nitrogen and oxygen atoms in total. The zero-order valence-corrected chi connectivity index (χ0v) is 4.29. The molecule has 1 heterocycles. The number of nitrogens with one attached hydrogen (secondary N) is 1. The van der Waals surface area contributed by atoms with Crippen molar-refractivity contribution in [1.82, 2.24) is 9.97 Å². The third-order valence-electron chi connectivity index (χ3n) is 0.773. The zero-order chi connectivity index (χ0) is 6.85. The largest absolute Gasteiger partial charge is 0.476 e. The fraction of sp³-hybridized carbons (Fsp3) is 0. The number of hydrogen-bond donors (Lipinski definition) is 2. The Kier molecular flexibility index (Phi) is 1.11. The summed E-state index contributed by atoms with van der Waals surface area (Å²) in [6.07, 6.45) is 1.05. The first-order valence-corrected chi connectivity index (χ1v) is 2.16. The standard InChI is InChI=1S/C4H3N2O3/c7-3(8)2-1-5-4(9)6-2/h1H,(H,5,6)(H,7,8). The van der Waals surface area contributed by atoms with E-state index in [1.807, 2.05) is 0 Å². The molecule has 9 heavy (non-hydrogen) atoms. The van der Waals surface area contributed by atoms with Crippen LogP contribution in [-0.4, -0.2) is 21.0 Å². The quantitative estimate of drug-likeness (QED) is 0.566. The Balaban J connectivity index is 2.98. The summed E-state index contributed by atoms with van der Waals surface area (Å²) in [6, 6.07) is -0.632. The van der Waals surface area contributed by atoms with Gasteiger partial charge in [0.15, 0.2) is 5.69 Å². The molecule has 2 N–H and O–H groups in total. The maximum absolute atomic E-state index is 10.2. The van der Waals surface area contributed by atoms with E-state index in [1.54, 1.807) is 0 Å². The fourth-order valence-corrected chi connectivity index (χ4v) is 0.414. The highest BCUT2D eigenvalue weighted by molar-refractivity contribution is 5.85. The van der Waals surface area contributed by atoms with Gasteiger partial charge in [-0.2, -0.15) is 4.98 Å². The normalized spacial score (nSPS) is 9.33. The molecule has 0 saturated carbocycles. The number of carboxylic acid groups (broad SMARTS) is 1. The van der Waals surface area contributed by atoms with Crippen molar-refractivity contribution in [3.63, 3.8) is 0 Å². The third kappa shape index (κ3) is 0.987. The molecule has 1 aromatic rings. The van der Waals surface area contributed by atoms with Crippen molar-refractivity contribution in [1.29, 1.82) is 0 Å². The fourth-order valence-electron chi connectivity index (χ4n) is 0.414. The predicted molar refractivity (Wildman–Crippen MR) is 25.7 cm³/mol. The second-order valence-electron chi connectivity index (χ2n) is 1.40. The Hall–Kier alpha value is -1.52. The summed E-state index contributed by atoms with van der Waals surface area (Å²) in [5, 5.41) is 18.3. The van der Waals surface area contributed by atoms with E-state index in [4.69, 9.17) is 5.11 Å². The lowest BCUT2D eigenvalue weighted by molar-refractivity contribution is 0.0690. The lowest BCUT2D eigenvalue weighted by atomic mass is 10.5. The molecule has 0 fully saturated rings. The lowest BCUT2D eigenvalue weighted by Crippen LogP contribution is -1.94. The van der Waals surface area contributed by atoms with Gasteiger partial charge >= 0.3 is 12.0 Å². The lowest BCUT2D eigenvalue weighted by Gasteiger charge is -1.77. The van der Waals surface area contributed by atoms with E-state index in [9.17, 15) is 9.90 Å². The van der Waals surface area contributed by atoms with Gasteiger partial charge in [-0.15, -0.1) is 0 Å². The van der Waals surface area contributed by atoms with Gasteiger partial charge in [0.05, 0.1) is 0 Å². The van der Waals surface area contributed by atoms with Crippen LogP contribution in [0.15, 0.2) is 6.20 Å². The van der Waals surface area contributed by atoms with Crippen LogP contribution < -0.4 is 0 Å². The van der Waals surface area contributed by atoms with Gasteiger partial charge < -0.3 is 10.1 Å². The smallest absolute Gasteiger partial charge is 0.356 e. The Morgan fingerprint density at radius 2 is 2.44 bits per heavy atom. The average Bonchev–Trinajstić information content (AvgIpc) is 2.14. The number of imidazole rings is 1. The summed E-state index contributed by atoms with van der Waals surface area (Å²) in [7, 11) is 0. The predicted octanol–water partition coefficient (Wildman–Crippen LogP) is 0.252. The summed E-state index contributed by atoms with van der Waals surface area (Å²) >= 11 is 0. The Morgan fingerprint density at radius 3 is 2.67 bits per heavy atom. The molecule has 0 saturated heterocycles. The number of carbonyl (C=O) groups is 1. The van der Waals surface area contributed by atoms with Crippen LogP contribution in [0.3, 0.4) is 0 Å². The first-order chi connectivity index (χ1) is 4.20. The van der Waals surface area contributed by atoms with E-state index in [0.717, 1.165) is 6.20 Å². The van der Waals surface area contributed by atoms with Gasteiger partial charge in [-0.25, -0.2) is 9.90 Å². The van der Waals surface area contributed by atoms with Crippen molar-refractivity contribution < 1.29 is 15.0 Å². The van der Waals surface area contributed by atoms with Gasteiger partial charge in [0.2, 0.25) is 0 Å². The first kappa shape index (κ1) is 5.61. The van der Waals surface area contributed by atoms with Crippen molar-refractivity contribution in [2.75, 3.05) is 0 Å². The van der Waals surface area contributed by atoms with E-state index in [-0.39, 0.29) is 5.69 Å². The second kappa shape index (κ2) is 1.77. The number of hydrogen-bond acceptors (Lipinski definition) is 2. The number of aromatic carboxylic acids is 1. The molecule has 0 aliphatic carbocycles. The summed E-state index contributed by atoms with van der Waals surface area (Å²) in [4.78, 5) is 15.2. The van der Waals surface area contributed by atoms with Crippen LogP contribution in [0.2, 0.25) is 0 Å². The number of rotatable bonds is 1. The number of nitrogens with zero attached hydrogens (tertiary/aromatic N) is 1. The molecular weight excluding hydrogens is 124 g/mol. The zero-order valence-electron chi connectivity index (χ0n) is 4.29. The molecule has 0 amide bonds. The van der Waals surface area contributed by atoms with E-state index in [0.29, 0.717) is 0 Å². The number of aromatic amines is 1. The molecule has 0 aliphatic rings. The monoisotopic (exact) mass is 127 g/mol. The molecule has 1 radical (unpaired) electrons. The van der Waals surface area contributed by atoms with Crippen LogP contribution in [0.5, 0.6) is 6.01 Å². The number of carboxylic acids is 1. The SMILES string of the molecule is [O]c1nc(C(=O)O)c[nH]1. The second-order valence-corrected chi connectivity index (χ2v) is 1.40. The van der Waals surface area contributed by atoms with Crippen molar-refractivity contribution >= 4 is 5.97 Å². The summed E-state index contributed by atoms with van der Waals surface area (Å²) < 4.78 is 0. The van der Waals surface area contributed by atoms with Crippen LogP contribution >= 0.6 is 0 Å². The molecule has 0 aliphatic heterocycles. The van der Waals surface area contributed by atoms with Gasteiger partial charge in [-0.3, -0.25) is 0 Å². The molecule has 0 atom stereocenters. The summed E-state index contributed by atoms with van der Waals surface area (Å²) in [5.74, 6) is -1.20. The highest BCUT2D eigenvalue weighted by Gasteiger charge is 2.06. The van der Waals surface area contributed by atoms with E-state index in [2.05, 4.69) is 9.97 Å². The molecule has 0 bridgehead atoms. The van der Waals surface area contributed by atoms with E-state index in [1.165, 1.54) is 0 Å². The van der Waals surface area contributed by atoms with Crippen molar-refractivity contribution in [3.8, 4) is 6.01 Å². The van der Waals surface area contributed by atoms with Gasteiger partial charge in [0, 0.05) is 6.20 Å². The van der Waals surface area contributed by atoms with Crippen LogP contribution in [0.4, 0.5) is 0 Å². The molecular formula is C4H3N2O3. The van der Waals surface area contributed by atoms with Crippen LogP contribution in [0.25, 0.3) is 0 Å². The summed E-state index contributed by atoms with van der Waals surface area (Å²) in [5.41, 5.74) is -0.250. The number of H-pyrrole nitrogens is 1. The highest BCUT2D eigenvalue weighted by atomic mass is 16.4. The van der Waals surface area contributed by atoms with Gasteiger partial charge in [0.25, 0.3) is 0 Å². The minimum Gasteiger partial charge on any atom is -0.476 e. The maximum atomic E-state index is 10.2. The molecule has 1 aromatic heterocycles. The molecule has 5 heteroatoms. The first-order valence-electron chi connectivity index (χ1n) is 2.16. The highest BCUT2D eigenvalue weighted by Crippen LogP contribution is 2.01. The van der Waals surface area contributed by atoms with E-state index >= 15 is 0 Å². The van der Waals surface area contributed by atoms with Gasteiger partial charge in [-0.05, 0) is 0 Å². The maximum Gasteiger partial charge on any atom is 0.356 e. The molecule has 47 valence electrons. The van der Waals surface area contributed by atoms with Crippen molar-refractivity contribution in [2.24, 2.45) is 0 Å². The Labute approximate surface area is 50.0 Å². The third-order valence-corrected chi connectivity index (χ3v) is 0.773. The minimum atomic E-state index is -1.20.